The minimum Gasteiger partial charge on any atom is -0.616 e. The van der Waals surface area contributed by atoms with Crippen molar-refractivity contribution in [1.82, 2.24) is 14.8 Å². The molecule has 0 spiro atoms. The van der Waals surface area contributed by atoms with Crippen LogP contribution in [0.25, 0.3) is 5.69 Å². The molecule has 0 N–H and O–H groups in total. The van der Waals surface area contributed by atoms with E-state index in [1.807, 2.05) is 0 Å². The van der Waals surface area contributed by atoms with Crippen molar-refractivity contribution in [1.29, 1.82) is 0 Å². The Labute approximate surface area is 186 Å². The molecule has 0 fully saturated rings. The van der Waals surface area contributed by atoms with Gasteiger partial charge in [-0.1, -0.05) is 22.8 Å². The first-order valence-corrected chi connectivity index (χ1v) is 11.4. The highest BCUT2D eigenvalue weighted by atomic mass is 79.9. The first-order chi connectivity index (χ1) is 14.0. The van der Waals surface area contributed by atoms with Crippen LogP contribution in [0.5, 0.6) is 0 Å². The maximum absolute atomic E-state index is 13.2. The zero-order chi connectivity index (χ0) is 22.5. The van der Waals surface area contributed by atoms with Crippen LogP contribution in [0.1, 0.15) is 19.8 Å². The van der Waals surface area contributed by atoms with Gasteiger partial charge in [0.05, 0.1) is 30.9 Å². The Morgan fingerprint density at radius 1 is 1.37 bits per heavy atom. The van der Waals surface area contributed by atoms with Gasteiger partial charge in [0.2, 0.25) is 5.91 Å². The topological polar surface area (TPSA) is 74.1 Å². The molecule has 2 heterocycles. The molecule has 0 aliphatic heterocycles. The summed E-state index contributed by atoms with van der Waals surface area (Å²) in [5.74, 6) is -5.69. The van der Waals surface area contributed by atoms with E-state index in [1.165, 1.54) is 15.8 Å². The van der Waals surface area contributed by atoms with E-state index < -0.39 is 40.0 Å². The predicted molar refractivity (Wildman–Crippen MR) is 110 cm³/mol. The summed E-state index contributed by atoms with van der Waals surface area (Å²) in [6.45, 7) is 1.93. The van der Waals surface area contributed by atoms with Crippen LogP contribution in [0.3, 0.4) is 0 Å². The first kappa shape index (κ1) is 24.9. The highest BCUT2D eigenvalue weighted by molar-refractivity contribution is 9.10. The fourth-order valence-electron chi connectivity index (χ4n) is 2.45. The minimum atomic E-state index is -4.38. The Kier molecular flexibility index (Phi) is 8.54. The molecule has 1 amide bonds. The summed E-state index contributed by atoms with van der Waals surface area (Å²) >= 11 is 5.91. The van der Waals surface area contributed by atoms with Gasteiger partial charge in [0.25, 0.3) is 0 Å². The molecule has 1 unspecified atom stereocenters. The van der Waals surface area contributed by atoms with Crippen LogP contribution in [-0.4, -0.2) is 54.0 Å². The van der Waals surface area contributed by atoms with E-state index >= 15 is 0 Å². The van der Waals surface area contributed by atoms with Crippen molar-refractivity contribution in [2.75, 3.05) is 23.0 Å². The van der Waals surface area contributed by atoms with E-state index in [-0.39, 0.29) is 23.9 Å². The van der Waals surface area contributed by atoms with E-state index in [0.717, 1.165) is 0 Å². The summed E-state index contributed by atoms with van der Waals surface area (Å²) in [5.41, 5.74) is 0.948. The van der Waals surface area contributed by atoms with Gasteiger partial charge < -0.3 is 9.45 Å². The molecule has 2 aromatic heterocycles. The molecule has 2 aromatic rings. The number of rotatable bonds is 10. The number of carbonyl (C=O) groups is 1. The maximum Gasteiger partial charge on any atom is 0.363 e. The van der Waals surface area contributed by atoms with Crippen molar-refractivity contribution in [3.8, 4) is 5.69 Å². The maximum atomic E-state index is 13.2. The third-order valence-electron chi connectivity index (χ3n) is 4.07. The Hall–Kier alpha value is -1.37. The summed E-state index contributed by atoms with van der Waals surface area (Å²) in [6.07, 6.45) is 3.18. The van der Waals surface area contributed by atoms with Crippen molar-refractivity contribution >= 4 is 50.3 Å². The number of carbonyl (C=O) groups excluding carboxylic acids is 1. The number of alkyl halides is 5. The number of nitrogens with zero attached hydrogens (tertiary/aromatic N) is 4. The molecular weight excluding hydrogens is 516 g/mol. The molecule has 0 saturated carbocycles. The largest absolute Gasteiger partial charge is 0.616 e. The van der Waals surface area contributed by atoms with Crippen molar-refractivity contribution in [3.63, 3.8) is 0 Å². The third-order valence-corrected chi connectivity index (χ3v) is 6.24. The van der Waals surface area contributed by atoms with Gasteiger partial charge in [-0.3, -0.25) is 9.78 Å². The molecule has 0 saturated heterocycles. The van der Waals surface area contributed by atoms with Crippen molar-refractivity contribution in [3.05, 3.63) is 35.9 Å². The van der Waals surface area contributed by atoms with Gasteiger partial charge in [-0.2, -0.15) is 22.7 Å². The van der Waals surface area contributed by atoms with Crippen molar-refractivity contribution in [2.45, 2.75) is 30.5 Å². The number of anilines is 1. The average molecular weight is 534 g/mol. The molecular formula is C17H18BrClF4N4O2S. The number of hydrogen-bond donors (Lipinski definition) is 0. The monoisotopic (exact) mass is 532 g/mol. The lowest BCUT2D eigenvalue weighted by atomic mass is 10.3. The van der Waals surface area contributed by atoms with Crippen LogP contribution in [0.4, 0.5) is 23.2 Å². The molecule has 30 heavy (non-hydrogen) atoms. The molecule has 1 atom stereocenters. The summed E-state index contributed by atoms with van der Waals surface area (Å²) in [4.78, 5) is 13.5. The lowest BCUT2D eigenvalue weighted by Gasteiger charge is -2.22. The second-order valence-electron chi connectivity index (χ2n) is 6.15. The van der Waals surface area contributed by atoms with Crippen LogP contribution in [0.15, 0.2) is 30.7 Å². The fourth-order valence-corrected chi connectivity index (χ4v) is 3.97. The molecule has 13 heteroatoms. The van der Waals surface area contributed by atoms with Gasteiger partial charge in [0, 0.05) is 12.7 Å². The number of pyridine rings is 1. The first-order valence-electron chi connectivity index (χ1n) is 8.71. The van der Waals surface area contributed by atoms with Crippen LogP contribution >= 0.6 is 27.5 Å². The zero-order valence-corrected chi connectivity index (χ0v) is 18.9. The smallest absolute Gasteiger partial charge is 0.363 e. The van der Waals surface area contributed by atoms with Crippen LogP contribution in [0, 0.1) is 0 Å². The van der Waals surface area contributed by atoms with Gasteiger partial charge >= 0.3 is 10.8 Å². The summed E-state index contributed by atoms with van der Waals surface area (Å²) in [5, 5.41) is 4.20. The molecule has 6 nitrogen and oxygen atoms in total. The normalized spacial score (nSPS) is 13.3. The number of hydrogen-bond acceptors (Lipinski definition) is 4. The van der Waals surface area contributed by atoms with Crippen molar-refractivity contribution < 1.29 is 26.9 Å². The Morgan fingerprint density at radius 2 is 2.07 bits per heavy atom. The number of amides is 1. The van der Waals surface area contributed by atoms with E-state index in [1.54, 1.807) is 47.4 Å². The minimum absolute atomic E-state index is 0.0642. The second-order valence-corrected chi connectivity index (χ2v) is 9.20. The number of halogens is 6. The molecule has 0 aromatic carbocycles. The van der Waals surface area contributed by atoms with Gasteiger partial charge in [-0.05, 0) is 35.0 Å². The molecule has 0 bridgehead atoms. The number of aromatic nitrogens is 3. The summed E-state index contributed by atoms with van der Waals surface area (Å²) in [7, 11) is 0. The SMILES string of the molecule is CCN(C(=O)CC[S+]([O-])CCC(F)(F)C(F)(F)Br)c1cn(-c2cccnc2)nc1Cl. The third kappa shape index (κ3) is 6.32. The lowest BCUT2D eigenvalue weighted by molar-refractivity contribution is -0.147. The Morgan fingerprint density at radius 3 is 2.63 bits per heavy atom. The Balaban J connectivity index is 1.98. The lowest BCUT2D eigenvalue weighted by Crippen LogP contribution is -2.37. The van der Waals surface area contributed by atoms with Crippen molar-refractivity contribution in [2.24, 2.45) is 0 Å². The highest BCUT2D eigenvalue weighted by Crippen LogP contribution is 2.41. The fraction of sp³-hybridized carbons (Fsp3) is 0.471. The van der Waals surface area contributed by atoms with Gasteiger partial charge in [-0.25, -0.2) is 4.68 Å². The molecule has 0 aliphatic rings. The molecule has 0 aliphatic carbocycles. The zero-order valence-electron chi connectivity index (χ0n) is 15.7. The van der Waals surface area contributed by atoms with Gasteiger partial charge in [0.1, 0.15) is 17.2 Å². The summed E-state index contributed by atoms with van der Waals surface area (Å²) in [6, 6.07) is 3.45. The van der Waals surface area contributed by atoms with Gasteiger partial charge in [-0.15, -0.1) is 0 Å². The van der Waals surface area contributed by atoms with E-state index in [0.29, 0.717) is 11.4 Å². The standard InChI is InChI=1S/C17H18BrClF4N4O2S/c1-2-26(13-11-27(25-15(13)19)12-4-3-7-24-10-12)14(28)5-8-30(29)9-6-16(20,21)17(18,22)23/h3-4,7,10-11H,2,5-6,8-9H2,1H3. The molecule has 0 radical (unpaired) electrons. The molecule has 166 valence electrons. The van der Waals surface area contributed by atoms with Crippen LogP contribution < -0.4 is 4.90 Å². The van der Waals surface area contributed by atoms with Gasteiger partial charge in [0.15, 0.2) is 5.15 Å². The summed E-state index contributed by atoms with van der Waals surface area (Å²) < 4.78 is 65.4. The van der Waals surface area contributed by atoms with Crippen LogP contribution in [-0.2, 0) is 16.0 Å². The average Bonchev–Trinajstić information content (AvgIpc) is 3.06. The second kappa shape index (κ2) is 10.3. The highest BCUT2D eigenvalue weighted by Gasteiger charge is 2.54. The Bertz CT molecular complexity index is 854. The quantitative estimate of drug-likeness (QED) is 0.257. The van der Waals surface area contributed by atoms with E-state index in [4.69, 9.17) is 11.6 Å². The molecule has 2 rings (SSSR count). The van der Waals surface area contributed by atoms with E-state index in [9.17, 15) is 26.9 Å². The van der Waals surface area contributed by atoms with Crippen LogP contribution in [0.2, 0.25) is 5.15 Å². The van der Waals surface area contributed by atoms with E-state index in [2.05, 4.69) is 10.1 Å². The predicted octanol–water partition coefficient (Wildman–Crippen LogP) is 4.43.